The molecule has 1 aromatic heterocycles. The number of hydrogen-bond donors (Lipinski definition) is 1. The van der Waals surface area contributed by atoms with Crippen molar-refractivity contribution in [2.45, 2.75) is 37.6 Å². The van der Waals surface area contributed by atoms with Crippen LogP contribution in [0, 0.1) is 0 Å². The minimum absolute atomic E-state index is 0.0433. The van der Waals surface area contributed by atoms with Crippen LogP contribution in [-0.4, -0.2) is 19.2 Å². The summed E-state index contributed by atoms with van der Waals surface area (Å²) in [4.78, 5) is 2.52. The fraction of sp³-hybridized carbons (Fsp3) is 0.192. The minimum Gasteiger partial charge on any atom is -0.342 e. The molecule has 0 fully saturated rings. The summed E-state index contributed by atoms with van der Waals surface area (Å²) in [5, 5.41) is 5.07. The van der Waals surface area contributed by atoms with E-state index >= 15 is 0 Å². The number of hydrazone groups is 1. The Kier molecular flexibility index (Phi) is 6.45. The van der Waals surface area contributed by atoms with Crippen LogP contribution in [0.4, 0.5) is 0 Å². The second kappa shape index (κ2) is 9.15. The highest BCUT2D eigenvalue weighted by Gasteiger charge is 2.17. The van der Waals surface area contributed by atoms with Crippen LogP contribution < -0.4 is 4.83 Å². The number of sulfonamides is 1. The molecule has 4 rings (SSSR count). The molecule has 170 valence electrons. The van der Waals surface area contributed by atoms with Gasteiger partial charge in [-0.3, -0.25) is 0 Å². The Hall–Kier alpha value is -2.90. The molecule has 1 N–H and O–H groups in total. The van der Waals surface area contributed by atoms with Gasteiger partial charge in [0.25, 0.3) is 10.0 Å². The van der Waals surface area contributed by atoms with Gasteiger partial charge in [-0.25, -0.2) is 4.83 Å². The Morgan fingerprint density at radius 3 is 2.30 bits per heavy atom. The van der Waals surface area contributed by atoms with Crippen molar-refractivity contribution in [1.82, 2.24) is 9.40 Å². The highest BCUT2D eigenvalue weighted by molar-refractivity contribution is 9.10. The first-order valence-electron chi connectivity index (χ1n) is 10.6. The normalized spacial score (nSPS) is 12.5. The quantitative estimate of drug-likeness (QED) is 0.246. The van der Waals surface area contributed by atoms with E-state index in [1.165, 1.54) is 5.56 Å². The molecule has 7 heteroatoms. The summed E-state index contributed by atoms with van der Waals surface area (Å²) in [5.41, 5.74) is 4.10. The zero-order chi connectivity index (χ0) is 23.6. The maximum absolute atomic E-state index is 12.7. The number of para-hydroxylation sites is 1. The molecule has 0 spiro atoms. The average Bonchev–Trinajstić information content (AvgIpc) is 3.12. The molecule has 1 heterocycles. The van der Waals surface area contributed by atoms with Gasteiger partial charge in [-0.05, 0) is 46.9 Å². The highest BCUT2D eigenvalue weighted by atomic mass is 79.9. The van der Waals surface area contributed by atoms with E-state index in [4.69, 9.17) is 0 Å². The molecule has 5 nitrogen and oxygen atoms in total. The molecule has 0 aliphatic heterocycles. The topological polar surface area (TPSA) is 63.5 Å². The third kappa shape index (κ3) is 5.37. The first-order valence-corrected chi connectivity index (χ1v) is 12.9. The van der Waals surface area contributed by atoms with E-state index in [1.54, 1.807) is 18.3 Å². The summed E-state index contributed by atoms with van der Waals surface area (Å²) in [6.07, 6.45) is 3.55. The van der Waals surface area contributed by atoms with Crippen LogP contribution in [0.2, 0.25) is 0 Å². The molecular weight excluding hydrogens is 498 g/mol. The monoisotopic (exact) mass is 523 g/mol. The van der Waals surface area contributed by atoms with Crippen molar-refractivity contribution in [1.29, 1.82) is 0 Å². The molecule has 33 heavy (non-hydrogen) atoms. The van der Waals surface area contributed by atoms with E-state index < -0.39 is 10.0 Å². The second-order valence-corrected chi connectivity index (χ2v) is 11.6. The van der Waals surface area contributed by atoms with Gasteiger partial charge in [0.1, 0.15) is 0 Å². The van der Waals surface area contributed by atoms with Crippen LogP contribution in [0.25, 0.3) is 10.9 Å². The van der Waals surface area contributed by atoms with Gasteiger partial charge >= 0.3 is 0 Å². The summed E-state index contributed by atoms with van der Waals surface area (Å²) in [6.45, 7) is 6.97. The molecule has 0 unspecified atom stereocenters. The molecule has 0 amide bonds. The molecule has 0 saturated carbocycles. The van der Waals surface area contributed by atoms with Gasteiger partial charge in [-0.1, -0.05) is 79.2 Å². The second-order valence-electron chi connectivity index (χ2n) is 8.98. The third-order valence-corrected chi connectivity index (χ3v) is 7.26. The lowest BCUT2D eigenvalue weighted by Gasteiger charge is -2.19. The Bertz CT molecular complexity index is 1400. The summed E-state index contributed by atoms with van der Waals surface area (Å²) in [5.74, 6) is 0. The smallest absolute Gasteiger partial charge is 0.276 e. The van der Waals surface area contributed by atoms with Crippen LogP contribution in [0.1, 0.15) is 37.5 Å². The number of halogens is 1. The summed E-state index contributed by atoms with van der Waals surface area (Å²) >= 11 is 3.47. The standard InChI is InChI=1S/C26H26BrN3O2S/c1-26(2,3)21-10-14-23(15-11-21)33(31,32)29-28-16-20-18-30(25-7-5-4-6-24(20)25)17-19-8-12-22(27)13-9-19/h4-16,18,29H,17H2,1-3H3. The van der Waals surface area contributed by atoms with Crippen LogP contribution in [0.15, 0.2) is 93.5 Å². The molecule has 0 atom stereocenters. The number of benzene rings is 3. The van der Waals surface area contributed by atoms with E-state index in [2.05, 4.69) is 63.3 Å². The zero-order valence-corrected chi connectivity index (χ0v) is 21.2. The average molecular weight is 524 g/mol. The largest absolute Gasteiger partial charge is 0.342 e. The van der Waals surface area contributed by atoms with Gasteiger partial charge in [0.2, 0.25) is 0 Å². The van der Waals surface area contributed by atoms with E-state index in [1.807, 2.05) is 54.7 Å². The molecule has 3 aromatic carbocycles. The number of fused-ring (bicyclic) bond motifs is 1. The molecule has 0 aliphatic carbocycles. The predicted octanol–water partition coefficient (Wildman–Crippen LogP) is 6.06. The van der Waals surface area contributed by atoms with E-state index in [9.17, 15) is 8.42 Å². The summed E-state index contributed by atoms with van der Waals surface area (Å²) in [6, 6.07) is 23.1. The predicted molar refractivity (Wildman–Crippen MR) is 138 cm³/mol. The number of hydrogen-bond acceptors (Lipinski definition) is 3. The van der Waals surface area contributed by atoms with Crippen LogP contribution >= 0.6 is 15.9 Å². The summed E-state index contributed by atoms with van der Waals surface area (Å²) in [7, 11) is -3.75. The first kappa shape index (κ1) is 23.3. The van der Waals surface area contributed by atoms with Crippen LogP contribution in [0.3, 0.4) is 0 Å². The van der Waals surface area contributed by atoms with Gasteiger partial charge in [-0.15, -0.1) is 0 Å². The van der Waals surface area contributed by atoms with Crippen LogP contribution in [-0.2, 0) is 22.0 Å². The van der Waals surface area contributed by atoms with E-state index in [-0.39, 0.29) is 10.3 Å². The van der Waals surface area contributed by atoms with Gasteiger partial charge in [0.05, 0.1) is 11.1 Å². The van der Waals surface area contributed by atoms with Crippen molar-refractivity contribution < 1.29 is 8.42 Å². The lowest BCUT2D eigenvalue weighted by atomic mass is 9.87. The number of aromatic nitrogens is 1. The van der Waals surface area contributed by atoms with Gasteiger partial charge in [0, 0.05) is 33.7 Å². The van der Waals surface area contributed by atoms with E-state index in [0.29, 0.717) is 6.54 Å². The van der Waals surface area contributed by atoms with Crippen molar-refractivity contribution in [3.8, 4) is 0 Å². The Labute approximate surface area is 203 Å². The molecule has 4 aromatic rings. The summed E-state index contributed by atoms with van der Waals surface area (Å²) < 4.78 is 28.6. The van der Waals surface area contributed by atoms with Crippen molar-refractivity contribution in [2.24, 2.45) is 5.10 Å². The molecule has 0 radical (unpaired) electrons. The van der Waals surface area contributed by atoms with Crippen molar-refractivity contribution >= 4 is 43.1 Å². The Morgan fingerprint density at radius 2 is 1.64 bits per heavy atom. The maximum Gasteiger partial charge on any atom is 0.276 e. The Balaban J connectivity index is 1.56. The van der Waals surface area contributed by atoms with Gasteiger partial charge in [0.15, 0.2) is 0 Å². The van der Waals surface area contributed by atoms with Gasteiger partial charge < -0.3 is 4.57 Å². The maximum atomic E-state index is 12.7. The lowest BCUT2D eigenvalue weighted by Crippen LogP contribution is -2.19. The SMILES string of the molecule is CC(C)(C)c1ccc(S(=O)(=O)NN=Cc2cn(Cc3ccc(Br)cc3)c3ccccc23)cc1. The molecule has 0 bridgehead atoms. The fourth-order valence-electron chi connectivity index (χ4n) is 3.65. The van der Waals surface area contributed by atoms with Gasteiger partial charge in [-0.2, -0.15) is 13.5 Å². The molecular formula is C26H26BrN3O2S. The lowest BCUT2D eigenvalue weighted by molar-refractivity contribution is 0.580. The molecule has 0 aliphatic rings. The van der Waals surface area contributed by atoms with Crippen molar-refractivity contribution in [3.63, 3.8) is 0 Å². The third-order valence-electron chi connectivity index (χ3n) is 5.49. The zero-order valence-electron chi connectivity index (χ0n) is 18.8. The Morgan fingerprint density at radius 1 is 0.970 bits per heavy atom. The first-order chi connectivity index (χ1) is 15.6. The van der Waals surface area contributed by atoms with E-state index in [0.717, 1.165) is 26.5 Å². The minimum atomic E-state index is -3.75. The highest BCUT2D eigenvalue weighted by Crippen LogP contribution is 2.24. The number of nitrogens with one attached hydrogen (secondary N) is 1. The van der Waals surface area contributed by atoms with Crippen molar-refractivity contribution in [2.75, 3.05) is 0 Å². The number of rotatable bonds is 6. The number of nitrogens with zero attached hydrogens (tertiary/aromatic N) is 2. The van der Waals surface area contributed by atoms with Crippen molar-refractivity contribution in [3.05, 3.63) is 100 Å². The van der Waals surface area contributed by atoms with Crippen LogP contribution in [0.5, 0.6) is 0 Å². The fourth-order valence-corrected chi connectivity index (χ4v) is 4.70. The molecule has 0 saturated heterocycles.